The molecule has 1 aliphatic rings. The number of hydrogen-bond donors (Lipinski definition) is 1. The first-order valence-corrected chi connectivity index (χ1v) is 9.93. The van der Waals surface area contributed by atoms with E-state index in [0.29, 0.717) is 31.8 Å². The van der Waals surface area contributed by atoms with Crippen LogP contribution in [0, 0.1) is 12.8 Å². The number of nitrogens with zero attached hydrogens (tertiary/aromatic N) is 3. The molecular formula is C15H21N3O3S2. The number of aliphatic hydroxyl groups is 1. The summed E-state index contributed by atoms with van der Waals surface area (Å²) in [7, 11) is -1.76. The Morgan fingerprint density at radius 1 is 1.39 bits per heavy atom. The number of sulfonamides is 1. The SMILES string of the molecule is Cc1nc(S(=O)(=O)N2CCC(C(O)c3cccs3)CC2)cn1C. The summed E-state index contributed by atoms with van der Waals surface area (Å²) in [5.41, 5.74) is 0. The molecule has 3 heterocycles. The summed E-state index contributed by atoms with van der Waals surface area (Å²) in [5.74, 6) is 0.775. The minimum atomic E-state index is -3.54. The van der Waals surface area contributed by atoms with Crippen LogP contribution in [0.3, 0.4) is 0 Å². The van der Waals surface area contributed by atoms with Gasteiger partial charge in [-0.05, 0) is 37.1 Å². The minimum Gasteiger partial charge on any atom is -0.387 e. The van der Waals surface area contributed by atoms with Crippen molar-refractivity contribution in [1.82, 2.24) is 13.9 Å². The zero-order valence-corrected chi connectivity index (χ0v) is 14.8. The molecule has 0 saturated carbocycles. The van der Waals surface area contributed by atoms with E-state index in [1.165, 1.54) is 15.6 Å². The van der Waals surface area contributed by atoms with E-state index in [0.717, 1.165) is 4.88 Å². The van der Waals surface area contributed by atoms with Gasteiger partial charge in [-0.2, -0.15) is 4.31 Å². The lowest BCUT2D eigenvalue weighted by Crippen LogP contribution is -2.39. The Kier molecular flexibility index (Phi) is 4.59. The molecule has 0 bridgehead atoms. The van der Waals surface area contributed by atoms with E-state index in [-0.39, 0.29) is 10.9 Å². The van der Waals surface area contributed by atoms with Gasteiger partial charge < -0.3 is 9.67 Å². The first-order valence-electron chi connectivity index (χ1n) is 7.61. The van der Waals surface area contributed by atoms with Crippen LogP contribution in [0.15, 0.2) is 28.7 Å². The molecule has 0 radical (unpaired) electrons. The summed E-state index contributed by atoms with van der Waals surface area (Å²) < 4.78 is 28.5. The maximum Gasteiger partial charge on any atom is 0.262 e. The minimum absolute atomic E-state index is 0.102. The van der Waals surface area contributed by atoms with Crippen molar-refractivity contribution in [3.63, 3.8) is 0 Å². The molecule has 0 amide bonds. The molecule has 126 valence electrons. The van der Waals surface area contributed by atoms with E-state index in [2.05, 4.69) is 4.98 Å². The van der Waals surface area contributed by atoms with Crippen LogP contribution in [0.4, 0.5) is 0 Å². The van der Waals surface area contributed by atoms with Crippen molar-refractivity contribution in [1.29, 1.82) is 0 Å². The van der Waals surface area contributed by atoms with Crippen LogP contribution < -0.4 is 0 Å². The standard InChI is InChI=1S/C15H21N3O3S2/c1-11-16-14(10-17(11)2)23(20,21)18-7-5-12(6-8-18)15(19)13-4-3-9-22-13/h3-4,9-10,12,15,19H,5-8H2,1-2H3. The second-order valence-corrected chi connectivity index (χ2v) is 8.80. The molecule has 23 heavy (non-hydrogen) atoms. The van der Waals surface area contributed by atoms with Crippen molar-refractivity contribution in [3.05, 3.63) is 34.4 Å². The monoisotopic (exact) mass is 355 g/mol. The van der Waals surface area contributed by atoms with Crippen molar-refractivity contribution in [3.8, 4) is 0 Å². The van der Waals surface area contributed by atoms with Gasteiger partial charge in [-0.1, -0.05) is 6.07 Å². The second-order valence-electron chi connectivity index (χ2n) is 5.94. The Balaban J connectivity index is 1.69. The molecule has 1 unspecified atom stereocenters. The van der Waals surface area contributed by atoms with Crippen molar-refractivity contribution in [2.24, 2.45) is 13.0 Å². The summed E-state index contributed by atoms with van der Waals surface area (Å²) in [6.45, 7) is 2.62. The zero-order valence-electron chi connectivity index (χ0n) is 13.2. The molecule has 1 N–H and O–H groups in total. The van der Waals surface area contributed by atoms with Crippen LogP contribution in [0.2, 0.25) is 0 Å². The van der Waals surface area contributed by atoms with E-state index in [9.17, 15) is 13.5 Å². The van der Waals surface area contributed by atoms with Crippen molar-refractivity contribution < 1.29 is 13.5 Å². The Labute approximate surface area is 140 Å². The second kappa shape index (κ2) is 6.35. The van der Waals surface area contributed by atoms with Gasteiger partial charge in [0, 0.05) is 31.2 Å². The molecular weight excluding hydrogens is 334 g/mol. The molecule has 0 aromatic carbocycles. The number of aromatic nitrogens is 2. The lowest BCUT2D eigenvalue weighted by atomic mass is 9.91. The fourth-order valence-electron chi connectivity index (χ4n) is 2.91. The maximum absolute atomic E-state index is 12.6. The van der Waals surface area contributed by atoms with Crippen LogP contribution in [0.1, 0.15) is 29.6 Å². The van der Waals surface area contributed by atoms with E-state index in [4.69, 9.17) is 0 Å². The van der Waals surface area contributed by atoms with Crippen molar-refractivity contribution in [2.45, 2.75) is 30.9 Å². The van der Waals surface area contributed by atoms with Crippen molar-refractivity contribution >= 4 is 21.4 Å². The van der Waals surface area contributed by atoms with E-state index in [1.54, 1.807) is 24.7 Å². The predicted octanol–water partition coefficient (Wildman–Crippen LogP) is 1.92. The largest absolute Gasteiger partial charge is 0.387 e. The molecule has 1 fully saturated rings. The Morgan fingerprint density at radius 2 is 2.09 bits per heavy atom. The summed E-state index contributed by atoms with van der Waals surface area (Å²) in [6, 6.07) is 3.85. The molecule has 3 rings (SSSR count). The van der Waals surface area contributed by atoms with Crippen molar-refractivity contribution in [2.75, 3.05) is 13.1 Å². The van der Waals surface area contributed by atoms with Gasteiger partial charge in [-0.15, -0.1) is 11.3 Å². The highest BCUT2D eigenvalue weighted by Gasteiger charge is 2.34. The third-order valence-electron chi connectivity index (χ3n) is 4.47. The van der Waals surface area contributed by atoms with Crippen LogP contribution >= 0.6 is 11.3 Å². The molecule has 1 aliphatic heterocycles. The number of aliphatic hydroxyl groups excluding tert-OH is 1. The highest BCUT2D eigenvalue weighted by Crippen LogP contribution is 2.34. The van der Waals surface area contributed by atoms with Crippen LogP contribution in [-0.2, 0) is 17.1 Å². The number of rotatable bonds is 4. The number of imidazole rings is 1. The first kappa shape index (κ1) is 16.6. The molecule has 2 aromatic rings. The predicted molar refractivity (Wildman–Crippen MR) is 88.7 cm³/mol. The maximum atomic E-state index is 12.6. The molecule has 0 spiro atoms. The molecule has 2 aromatic heterocycles. The van der Waals surface area contributed by atoms with E-state index < -0.39 is 16.1 Å². The van der Waals surface area contributed by atoms with E-state index >= 15 is 0 Å². The number of aryl methyl sites for hydroxylation is 2. The average molecular weight is 355 g/mol. The average Bonchev–Trinajstić information content (AvgIpc) is 3.18. The van der Waals surface area contributed by atoms with Gasteiger partial charge in [0.05, 0.1) is 6.10 Å². The summed E-state index contributed by atoms with van der Waals surface area (Å²) in [6.07, 6.45) is 2.36. The Bertz CT molecular complexity index is 740. The van der Waals surface area contributed by atoms with Crippen LogP contribution in [0.25, 0.3) is 0 Å². The third-order valence-corrected chi connectivity index (χ3v) is 7.18. The molecule has 8 heteroatoms. The smallest absolute Gasteiger partial charge is 0.262 e. The highest BCUT2D eigenvalue weighted by molar-refractivity contribution is 7.89. The van der Waals surface area contributed by atoms with Gasteiger partial charge in [0.25, 0.3) is 10.0 Å². The molecule has 1 saturated heterocycles. The molecule has 6 nitrogen and oxygen atoms in total. The fraction of sp³-hybridized carbons (Fsp3) is 0.533. The van der Waals surface area contributed by atoms with E-state index in [1.807, 2.05) is 17.5 Å². The van der Waals surface area contributed by atoms with Gasteiger partial charge in [-0.3, -0.25) is 0 Å². The highest BCUT2D eigenvalue weighted by atomic mass is 32.2. The molecule has 0 aliphatic carbocycles. The summed E-state index contributed by atoms with van der Waals surface area (Å²) in [4.78, 5) is 5.09. The van der Waals surface area contributed by atoms with Gasteiger partial charge >= 0.3 is 0 Å². The van der Waals surface area contributed by atoms with Gasteiger partial charge in [0.1, 0.15) is 5.82 Å². The normalized spacial score (nSPS) is 19.1. The summed E-state index contributed by atoms with van der Waals surface area (Å²) >= 11 is 1.54. The quantitative estimate of drug-likeness (QED) is 0.909. The third kappa shape index (κ3) is 3.21. The first-order chi connectivity index (χ1) is 10.9. The van der Waals surface area contributed by atoms with Gasteiger partial charge in [0.2, 0.25) is 0 Å². The topological polar surface area (TPSA) is 75.4 Å². The number of piperidine rings is 1. The summed E-state index contributed by atoms with van der Waals surface area (Å²) in [5, 5.41) is 12.5. The van der Waals surface area contributed by atoms with Crippen LogP contribution in [0.5, 0.6) is 0 Å². The Morgan fingerprint density at radius 3 is 2.61 bits per heavy atom. The lowest BCUT2D eigenvalue weighted by Gasteiger charge is -2.32. The lowest BCUT2D eigenvalue weighted by molar-refractivity contribution is 0.0788. The number of hydrogen-bond acceptors (Lipinski definition) is 5. The van der Waals surface area contributed by atoms with Crippen LogP contribution in [-0.4, -0.2) is 40.5 Å². The number of thiophene rings is 1. The Hall–Kier alpha value is -1.22. The van der Waals surface area contributed by atoms with Gasteiger partial charge in [-0.25, -0.2) is 13.4 Å². The molecule has 1 atom stereocenters. The van der Waals surface area contributed by atoms with Gasteiger partial charge in [0.15, 0.2) is 5.03 Å². The zero-order chi connectivity index (χ0) is 16.6. The fourth-order valence-corrected chi connectivity index (χ4v) is 5.20.